The van der Waals surface area contributed by atoms with E-state index in [2.05, 4.69) is 36.1 Å². The van der Waals surface area contributed by atoms with Crippen LogP contribution in [0.4, 0.5) is 0 Å². The SMILES string of the molecule is CC(CC(=O)N1C2CC3CC1CC(C#N)(C3)C2)c1nn(C)c2cccc(C3CC3)c12. The number of carbonyl (C=O) groups is 1. The highest BCUT2D eigenvalue weighted by molar-refractivity contribution is 5.88. The van der Waals surface area contributed by atoms with Crippen LogP contribution in [0.3, 0.4) is 0 Å². The van der Waals surface area contributed by atoms with Crippen molar-refractivity contribution in [2.45, 2.75) is 82.2 Å². The Kier molecular flexibility index (Phi) is 3.88. The smallest absolute Gasteiger partial charge is 0.223 e. The first-order chi connectivity index (χ1) is 14.5. The lowest BCUT2D eigenvalue weighted by atomic mass is 9.56. The van der Waals surface area contributed by atoms with Crippen molar-refractivity contribution >= 4 is 16.8 Å². The highest BCUT2D eigenvalue weighted by Gasteiger charge is 2.56. The molecule has 3 heterocycles. The largest absolute Gasteiger partial charge is 0.337 e. The first kappa shape index (κ1) is 18.4. The van der Waals surface area contributed by atoms with Gasteiger partial charge >= 0.3 is 0 Å². The van der Waals surface area contributed by atoms with Crippen LogP contribution in [0.5, 0.6) is 0 Å². The van der Waals surface area contributed by atoms with Crippen LogP contribution in [0.25, 0.3) is 10.9 Å². The monoisotopic (exact) mass is 402 g/mol. The molecule has 5 heteroatoms. The molecule has 0 radical (unpaired) electrons. The lowest BCUT2D eigenvalue weighted by Crippen LogP contribution is -2.63. The number of benzene rings is 1. The van der Waals surface area contributed by atoms with Crippen molar-refractivity contribution in [2.75, 3.05) is 0 Å². The first-order valence-corrected chi connectivity index (χ1v) is 11.7. The molecule has 5 nitrogen and oxygen atoms in total. The van der Waals surface area contributed by atoms with Gasteiger partial charge in [0.2, 0.25) is 5.91 Å². The van der Waals surface area contributed by atoms with Crippen molar-refractivity contribution in [3.63, 3.8) is 0 Å². The highest BCUT2D eigenvalue weighted by atomic mass is 16.2. The molecule has 0 N–H and O–H groups in total. The van der Waals surface area contributed by atoms with E-state index in [1.807, 2.05) is 11.7 Å². The van der Waals surface area contributed by atoms with Crippen molar-refractivity contribution in [3.05, 3.63) is 29.5 Å². The fourth-order valence-corrected chi connectivity index (χ4v) is 7.09. The molecular weight excluding hydrogens is 372 g/mol. The van der Waals surface area contributed by atoms with E-state index in [-0.39, 0.29) is 29.3 Å². The minimum atomic E-state index is -0.157. The lowest BCUT2D eigenvalue weighted by Gasteiger charge is -2.59. The summed E-state index contributed by atoms with van der Waals surface area (Å²) in [6.07, 6.45) is 8.06. The van der Waals surface area contributed by atoms with Gasteiger partial charge in [-0.05, 0) is 68.4 Å². The van der Waals surface area contributed by atoms with E-state index >= 15 is 0 Å². The van der Waals surface area contributed by atoms with Gasteiger partial charge in [0, 0.05) is 36.9 Å². The topological polar surface area (TPSA) is 61.9 Å². The number of aryl methyl sites for hydroxylation is 1. The van der Waals surface area contributed by atoms with E-state index in [9.17, 15) is 10.1 Å². The number of nitrogens with zero attached hydrogens (tertiary/aromatic N) is 4. The molecule has 2 aliphatic heterocycles. The van der Waals surface area contributed by atoms with Crippen LogP contribution in [-0.2, 0) is 11.8 Å². The summed E-state index contributed by atoms with van der Waals surface area (Å²) in [4.78, 5) is 15.7. The van der Waals surface area contributed by atoms with Gasteiger partial charge in [-0.15, -0.1) is 0 Å². The first-order valence-electron chi connectivity index (χ1n) is 11.7. The average molecular weight is 403 g/mol. The van der Waals surface area contributed by atoms with E-state index < -0.39 is 0 Å². The zero-order valence-electron chi connectivity index (χ0n) is 18.0. The van der Waals surface area contributed by atoms with Gasteiger partial charge in [0.05, 0.1) is 22.7 Å². The highest BCUT2D eigenvalue weighted by Crippen LogP contribution is 2.56. The molecule has 1 amide bonds. The number of hydrogen-bond acceptors (Lipinski definition) is 3. The van der Waals surface area contributed by atoms with Gasteiger partial charge in [-0.3, -0.25) is 9.48 Å². The van der Waals surface area contributed by atoms with Gasteiger partial charge in [-0.2, -0.15) is 10.4 Å². The predicted molar refractivity (Wildman–Crippen MR) is 115 cm³/mol. The Morgan fingerprint density at radius 1 is 1.27 bits per heavy atom. The van der Waals surface area contributed by atoms with Crippen molar-refractivity contribution < 1.29 is 4.79 Å². The fraction of sp³-hybridized carbons (Fsp3) is 0.640. The van der Waals surface area contributed by atoms with Gasteiger partial charge < -0.3 is 4.90 Å². The minimum Gasteiger partial charge on any atom is -0.337 e. The number of carbonyl (C=O) groups excluding carboxylic acids is 1. The molecule has 5 fully saturated rings. The Balaban J connectivity index is 1.27. The van der Waals surface area contributed by atoms with E-state index in [1.165, 1.54) is 29.3 Å². The zero-order chi connectivity index (χ0) is 20.6. The third-order valence-electron chi connectivity index (χ3n) is 8.36. The minimum absolute atomic E-state index is 0.100. The summed E-state index contributed by atoms with van der Waals surface area (Å²) < 4.78 is 1.98. The van der Waals surface area contributed by atoms with Crippen LogP contribution in [0.1, 0.15) is 81.4 Å². The van der Waals surface area contributed by atoms with Crippen LogP contribution >= 0.6 is 0 Å². The maximum Gasteiger partial charge on any atom is 0.223 e. The van der Waals surface area contributed by atoms with Gasteiger partial charge in [0.1, 0.15) is 0 Å². The molecule has 5 aliphatic rings. The zero-order valence-corrected chi connectivity index (χ0v) is 18.0. The van der Waals surface area contributed by atoms with Gasteiger partial charge in [-0.1, -0.05) is 19.1 Å². The third kappa shape index (κ3) is 2.65. The van der Waals surface area contributed by atoms with E-state index in [0.29, 0.717) is 18.3 Å². The molecule has 2 aromatic rings. The Morgan fingerprint density at radius 2 is 2.00 bits per heavy atom. The Labute approximate surface area is 178 Å². The number of piperidine rings is 2. The summed E-state index contributed by atoms with van der Waals surface area (Å²) >= 11 is 0. The summed E-state index contributed by atoms with van der Waals surface area (Å²) in [6, 6.07) is 9.72. The second-order valence-electron chi connectivity index (χ2n) is 10.6. The third-order valence-corrected chi connectivity index (χ3v) is 8.36. The molecular formula is C25H30N4O. The molecule has 1 aromatic heterocycles. The number of rotatable bonds is 4. The Hall–Kier alpha value is -2.35. The van der Waals surface area contributed by atoms with Gasteiger partial charge in [-0.25, -0.2) is 0 Å². The number of nitriles is 1. The molecule has 156 valence electrons. The summed E-state index contributed by atoms with van der Waals surface area (Å²) in [5.74, 6) is 1.68. The average Bonchev–Trinajstić information content (AvgIpc) is 3.50. The number of fused-ring (bicyclic) bond motifs is 1. The maximum atomic E-state index is 13.5. The summed E-state index contributed by atoms with van der Waals surface area (Å²) in [5.41, 5.74) is 3.53. The maximum absolute atomic E-state index is 13.5. The summed E-state index contributed by atoms with van der Waals surface area (Å²) in [6.45, 7) is 2.16. The Morgan fingerprint density at radius 3 is 2.67 bits per heavy atom. The standard InChI is InChI=1S/C25H30N4O/c1-15(24-23-20(17-6-7-17)4-3-5-21(23)28(2)27-24)8-22(30)29-18-9-16-10-19(29)13-25(11-16,12-18)14-26/h3-5,15-19H,6-13H2,1-2H3. The molecule has 3 unspecified atom stereocenters. The van der Waals surface area contributed by atoms with Crippen LogP contribution in [0.15, 0.2) is 18.2 Å². The molecule has 3 saturated carbocycles. The van der Waals surface area contributed by atoms with E-state index in [1.54, 1.807) is 0 Å². The lowest BCUT2D eigenvalue weighted by molar-refractivity contribution is -0.153. The molecule has 30 heavy (non-hydrogen) atoms. The molecule has 3 atom stereocenters. The molecule has 0 spiro atoms. The van der Waals surface area contributed by atoms with Crippen molar-refractivity contribution in [1.29, 1.82) is 5.26 Å². The molecule has 3 aliphatic carbocycles. The number of aromatic nitrogens is 2. The fourth-order valence-electron chi connectivity index (χ4n) is 7.09. The second-order valence-corrected chi connectivity index (χ2v) is 10.6. The molecule has 1 aromatic carbocycles. The van der Waals surface area contributed by atoms with Crippen molar-refractivity contribution in [1.82, 2.24) is 14.7 Å². The van der Waals surface area contributed by atoms with Crippen LogP contribution in [0, 0.1) is 22.7 Å². The second kappa shape index (κ2) is 6.33. The summed E-state index contributed by atoms with van der Waals surface area (Å²) in [7, 11) is 2.01. The number of hydrogen-bond donors (Lipinski definition) is 0. The van der Waals surface area contributed by atoms with Gasteiger partial charge in [0.15, 0.2) is 0 Å². The summed E-state index contributed by atoms with van der Waals surface area (Å²) in [5, 5.41) is 15.9. The Bertz CT molecular complexity index is 1060. The van der Waals surface area contributed by atoms with Crippen molar-refractivity contribution in [2.24, 2.45) is 18.4 Å². The molecule has 4 bridgehead atoms. The number of amides is 1. The predicted octanol–water partition coefficient (Wildman–Crippen LogP) is 4.63. The van der Waals surface area contributed by atoms with E-state index in [0.717, 1.165) is 37.8 Å². The van der Waals surface area contributed by atoms with Crippen LogP contribution in [0.2, 0.25) is 0 Å². The normalized spacial score (nSPS) is 33.1. The van der Waals surface area contributed by atoms with Gasteiger partial charge in [0.25, 0.3) is 0 Å². The van der Waals surface area contributed by atoms with Crippen molar-refractivity contribution in [3.8, 4) is 6.07 Å². The molecule has 7 rings (SSSR count). The quantitative estimate of drug-likeness (QED) is 0.749. The molecule has 2 saturated heterocycles. The van der Waals surface area contributed by atoms with Crippen LogP contribution in [-0.4, -0.2) is 32.7 Å². The van der Waals surface area contributed by atoms with E-state index in [4.69, 9.17) is 5.10 Å². The van der Waals surface area contributed by atoms with Crippen LogP contribution < -0.4 is 0 Å².